The maximum atomic E-state index is 12.5. The first-order valence-electron chi connectivity index (χ1n) is 10.5. The van der Waals surface area contributed by atoms with Crippen LogP contribution in [0.15, 0.2) is 54.6 Å². The molecule has 0 saturated carbocycles. The Hall–Kier alpha value is -2.84. The minimum absolute atomic E-state index is 0.158. The lowest BCUT2D eigenvalue weighted by molar-refractivity contribution is -0.125. The number of rotatable bonds is 7. The summed E-state index contributed by atoms with van der Waals surface area (Å²) in [6.45, 7) is 2.88. The number of likely N-dealkylation sites (tertiary alicyclic amines) is 1. The Balaban J connectivity index is 1.31. The van der Waals surface area contributed by atoms with Gasteiger partial charge < -0.3 is 10.6 Å². The van der Waals surface area contributed by atoms with E-state index in [-0.39, 0.29) is 35.5 Å². The second kappa shape index (κ2) is 9.98. The third-order valence-electron chi connectivity index (χ3n) is 5.61. The van der Waals surface area contributed by atoms with Crippen LogP contribution in [0.5, 0.6) is 0 Å². The molecule has 4 rings (SSSR count). The molecule has 2 aliphatic rings. The van der Waals surface area contributed by atoms with Crippen LogP contribution >= 0.6 is 11.8 Å². The van der Waals surface area contributed by atoms with Gasteiger partial charge in [-0.2, -0.15) is 0 Å². The van der Waals surface area contributed by atoms with E-state index in [4.69, 9.17) is 0 Å². The number of nitrogens with one attached hydrogen (secondary N) is 2. The van der Waals surface area contributed by atoms with Crippen molar-refractivity contribution in [2.45, 2.75) is 25.4 Å². The van der Waals surface area contributed by atoms with E-state index in [2.05, 4.69) is 27.7 Å². The first-order valence-corrected chi connectivity index (χ1v) is 11.5. The molecule has 0 bridgehead atoms. The molecule has 31 heavy (non-hydrogen) atoms. The van der Waals surface area contributed by atoms with Crippen molar-refractivity contribution in [1.82, 2.24) is 15.1 Å². The van der Waals surface area contributed by atoms with Gasteiger partial charge in [0.05, 0.1) is 18.3 Å². The molecular formula is C23H26N4O3S. The van der Waals surface area contributed by atoms with E-state index in [1.54, 1.807) is 12.1 Å². The van der Waals surface area contributed by atoms with Crippen molar-refractivity contribution in [3.05, 3.63) is 65.7 Å². The number of thioether (sulfide) groups is 1. The van der Waals surface area contributed by atoms with Crippen LogP contribution in [-0.4, -0.2) is 52.4 Å². The lowest BCUT2D eigenvalue weighted by atomic mass is 10.1. The van der Waals surface area contributed by atoms with Crippen LogP contribution in [0.4, 0.5) is 15.3 Å². The van der Waals surface area contributed by atoms with Crippen LogP contribution in [0.25, 0.3) is 0 Å². The molecule has 1 unspecified atom stereocenters. The standard InChI is InChI=1S/C23H26N4O3S/c28-21-16-31-23(30)27(21)15-17-8-10-19(11-9-17)25-22(29)24-14-20(26-12-4-5-13-26)18-6-2-1-3-7-18/h1-3,6-11,20H,4-5,12-16H2,(H2,24,25,29). The number of imide groups is 1. The van der Waals surface area contributed by atoms with Crippen LogP contribution < -0.4 is 10.6 Å². The molecule has 2 saturated heterocycles. The lowest BCUT2D eigenvalue weighted by Crippen LogP contribution is -2.38. The van der Waals surface area contributed by atoms with Gasteiger partial charge in [-0.1, -0.05) is 54.2 Å². The summed E-state index contributed by atoms with van der Waals surface area (Å²) in [5.41, 5.74) is 2.71. The molecular weight excluding hydrogens is 412 g/mol. The summed E-state index contributed by atoms with van der Waals surface area (Å²) in [4.78, 5) is 39.6. The van der Waals surface area contributed by atoms with Crippen LogP contribution in [0.3, 0.4) is 0 Å². The van der Waals surface area contributed by atoms with Gasteiger partial charge in [-0.3, -0.25) is 19.4 Å². The van der Waals surface area contributed by atoms with Gasteiger partial charge in [-0.05, 0) is 49.2 Å². The zero-order valence-corrected chi connectivity index (χ0v) is 18.1. The van der Waals surface area contributed by atoms with Crippen LogP contribution in [0.2, 0.25) is 0 Å². The Morgan fingerprint density at radius 2 is 1.71 bits per heavy atom. The fraction of sp³-hybridized carbons (Fsp3) is 0.348. The molecule has 1 atom stereocenters. The molecule has 0 spiro atoms. The van der Waals surface area contributed by atoms with E-state index in [1.165, 1.54) is 23.3 Å². The number of hydrogen-bond acceptors (Lipinski definition) is 5. The summed E-state index contributed by atoms with van der Waals surface area (Å²) >= 11 is 1.03. The molecule has 162 valence electrons. The minimum Gasteiger partial charge on any atom is -0.336 e. The highest BCUT2D eigenvalue weighted by atomic mass is 32.2. The summed E-state index contributed by atoms with van der Waals surface area (Å²) in [7, 11) is 0. The van der Waals surface area contributed by atoms with Crippen LogP contribution in [0, 0.1) is 0 Å². The third-order valence-corrected chi connectivity index (χ3v) is 6.47. The SMILES string of the molecule is O=C(NCC(c1ccccc1)N1CCCC1)Nc1ccc(CN2C(=O)CSC2=O)cc1. The maximum absolute atomic E-state index is 12.5. The predicted molar refractivity (Wildman–Crippen MR) is 122 cm³/mol. The summed E-state index contributed by atoms with van der Waals surface area (Å²) in [6.07, 6.45) is 2.38. The number of anilines is 1. The van der Waals surface area contributed by atoms with Gasteiger partial charge in [-0.15, -0.1) is 0 Å². The first-order chi connectivity index (χ1) is 15.1. The summed E-state index contributed by atoms with van der Waals surface area (Å²) in [5.74, 6) is 0.0441. The number of nitrogens with zero attached hydrogens (tertiary/aromatic N) is 2. The van der Waals surface area contributed by atoms with Gasteiger partial charge in [0.25, 0.3) is 5.24 Å². The van der Waals surface area contributed by atoms with Crippen molar-refractivity contribution in [1.29, 1.82) is 0 Å². The van der Waals surface area contributed by atoms with Gasteiger partial charge in [0.1, 0.15) is 0 Å². The molecule has 2 fully saturated rings. The zero-order valence-electron chi connectivity index (χ0n) is 17.3. The Morgan fingerprint density at radius 3 is 2.35 bits per heavy atom. The molecule has 8 heteroatoms. The first kappa shape index (κ1) is 21.4. The van der Waals surface area contributed by atoms with E-state index in [9.17, 15) is 14.4 Å². The number of carbonyl (C=O) groups is 3. The molecule has 2 N–H and O–H groups in total. The van der Waals surface area contributed by atoms with Gasteiger partial charge in [0.15, 0.2) is 0 Å². The number of benzene rings is 2. The number of carbonyl (C=O) groups excluding carboxylic acids is 3. The number of hydrogen-bond donors (Lipinski definition) is 2. The van der Waals surface area contributed by atoms with Crippen molar-refractivity contribution >= 4 is 34.6 Å². The second-order valence-electron chi connectivity index (χ2n) is 7.74. The Labute approximate surface area is 186 Å². The molecule has 0 radical (unpaired) electrons. The van der Waals surface area contributed by atoms with Crippen LogP contribution in [-0.2, 0) is 11.3 Å². The Kier molecular flexibility index (Phi) is 6.89. The second-order valence-corrected chi connectivity index (χ2v) is 8.66. The molecule has 2 heterocycles. The Morgan fingerprint density at radius 1 is 1.00 bits per heavy atom. The summed E-state index contributed by atoms with van der Waals surface area (Å²) in [6, 6.07) is 17.4. The minimum atomic E-state index is -0.255. The maximum Gasteiger partial charge on any atom is 0.319 e. The number of amides is 4. The smallest absolute Gasteiger partial charge is 0.319 e. The highest BCUT2D eigenvalue weighted by molar-refractivity contribution is 8.14. The average Bonchev–Trinajstić information content (AvgIpc) is 3.42. The average molecular weight is 439 g/mol. The van der Waals surface area contributed by atoms with Gasteiger partial charge in [0, 0.05) is 12.2 Å². The van der Waals surface area contributed by atoms with E-state index >= 15 is 0 Å². The van der Waals surface area contributed by atoms with Crippen molar-refractivity contribution < 1.29 is 14.4 Å². The molecule has 2 aliphatic heterocycles. The quantitative estimate of drug-likeness (QED) is 0.686. The third kappa shape index (κ3) is 5.45. The number of urea groups is 1. The lowest BCUT2D eigenvalue weighted by Gasteiger charge is -2.28. The molecule has 0 aliphatic carbocycles. The van der Waals surface area contributed by atoms with E-state index < -0.39 is 0 Å². The summed E-state index contributed by atoms with van der Waals surface area (Å²) < 4.78 is 0. The zero-order chi connectivity index (χ0) is 21.6. The highest BCUT2D eigenvalue weighted by Gasteiger charge is 2.29. The van der Waals surface area contributed by atoms with E-state index in [1.807, 2.05) is 30.3 Å². The molecule has 4 amide bonds. The molecule has 2 aromatic carbocycles. The normalized spacial score (nSPS) is 17.7. The topological polar surface area (TPSA) is 81.8 Å². The van der Waals surface area contributed by atoms with Crippen molar-refractivity contribution in [3.63, 3.8) is 0 Å². The van der Waals surface area contributed by atoms with Gasteiger partial charge >= 0.3 is 6.03 Å². The van der Waals surface area contributed by atoms with Crippen molar-refractivity contribution in [3.8, 4) is 0 Å². The fourth-order valence-electron chi connectivity index (χ4n) is 3.96. The monoisotopic (exact) mass is 438 g/mol. The molecule has 2 aromatic rings. The van der Waals surface area contributed by atoms with Crippen molar-refractivity contribution in [2.75, 3.05) is 30.7 Å². The fourth-order valence-corrected chi connectivity index (χ4v) is 4.69. The van der Waals surface area contributed by atoms with E-state index in [0.717, 1.165) is 30.4 Å². The summed E-state index contributed by atoms with van der Waals surface area (Å²) in [5, 5.41) is 5.65. The molecule has 0 aromatic heterocycles. The Bertz CT molecular complexity index is 914. The highest BCUT2D eigenvalue weighted by Crippen LogP contribution is 2.25. The van der Waals surface area contributed by atoms with Gasteiger partial charge in [0.2, 0.25) is 5.91 Å². The van der Waals surface area contributed by atoms with Crippen molar-refractivity contribution in [2.24, 2.45) is 0 Å². The predicted octanol–water partition coefficient (Wildman–Crippen LogP) is 3.84. The molecule has 7 nitrogen and oxygen atoms in total. The van der Waals surface area contributed by atoms with E-state index in [0.29, 0.717) is 12.2 Å². The van der Waals surface area contributed by atoms with Gasteiger partial charge in [-0.25, -0.2) is 4.79 Å². The largest absolute Gasteiger partial charge is 0.336 e. The van der Waals surface area contributed by atoms with Crippen LogP contribution in [0.1, 0.15) is 30.0 Å².